The van der Waals surface area contributed by atoms with Crippen molar-refractivity contribution in [3.8, 4) is 0 Å². The van der Waals surface area contributed by atoms with Crippen LogP contribution in [0.1, 0.15) is 58.3 Å². The van der Waals surface area contributed by atoms with Crippen molar-refractivity contribution in [3.63, 3.8) is 0 Å². The summed E-state index contributed by atoms with van der Waals surface area (Å²) < 4.78 is 0. The average molecular weight is 239 g/mol. The molecule has 1 N–H and O–H groups in total. The van der Waals surface area contributed by atoms with Crippen molar-refractivity contribution in [2.24, 2.45) is 5.92 Å². The minimum absolute atomic E-state index is 0.411. The molecule has 1 amide bonds. The van der Waals surface area contributed by atoms with E-state index in [1.165, 1.54) is 51.7 Å². The van der Waals surface area contributed by atoms with Crippen molar-refractivity contribution in [3.05, 3.63) is 0 Å². The summed E-state index contributed by atoms with van der Waals surface area (Å²) in [6.45, 7) is 6.01. The molecule has 1 aliphatic heterocycles. The predicted molar refractivity (Wildman–Crippen MR) is 70.6 cm³/mol. The van der Waals surface area contributed by atoms with E-state index in [1.807, 2.05) is 0 Å². The standard InChI is InChI=1S/C14H27N2O/c1-2-7-13-8-6-11-16(12-13)10-5-3-4-9-14(15)17/h13,15H,2-12H2,1H3. The van der Waals surface area contributed by atoms with E-state index in [4.69, 9.17) is 5.73 Å². The fourth-order valence-electron chi connectivity index (χ4n) is 2.80. The summed E-state index contributed by atoms with van der Waals surface area (Å²) in [5.74, 6) is 0.509. The molecular formula is C14H27N2O. The number of likely N-dealkylation sites (tertiary alicyclic amines) is 1. The van der Waals surface area contributed by atoms with E-state index in [2.05, 4.69) is 11.8 Å². The highest BCUT2D eigenvalue weighted by atomic mass is 16.1. The van der Waals surface area contributed by atoms with Crippen LogP contribution in [0.15, 0.2) is 0 Å². The average Bonchev–Trinajstić information content (AvgIpc) is 2.29. The van der Waals surface area contributed by atoms with Gasteiger partial charge in [-0.05, 0) is 51.1 Å². The van der Waals surface area contributed by atoms with Crippen LogP contribution in [0.5, 0.6) is 0 Å². The van der Waals surface area contributed by atoms with Gasteiger partial charge in [-0.15, -0.1) is 0 Å². The quantitative estimate of drug-likeness (QED) is 0.611. The first kappa shape index (κ1) is 14.5. The fourth-order valence-corrected chi connectivity index (χ4v) is 2.80. The van der Waals surface area contributed by atoms with Crippen LogP contribution in [-0.2, 0) is 4.79 Å². The summed E-state index contributed by atoms with van der Waals surface area (Å²) in [5, 5.41) is 0. The lowest BCUT2D eigenvalue weighted by molar-refractivity contribution is -0.118. The Hall–Kier alpha value is -0.570. The predicted octanol–water partition coefficient (Wildman–Crippen LogP) is 2.87. The van der Waals surface area contributed by atoms with Gasteiger partial charge >= 0.3 is 0 Å². The summed E-state index contributed by atoms with van der Waals surface area (Å²) in [5.41, 5.74) is 6.83. The van der Waals surface area contributed by atoms with Crippen LogP contribution in [0.4, 0.5) is 0 Å². The molecule has 0 bridgehead atoms. The van der Waals surface area contributed by atoms with Gasteiger partial charge in [-0.1, -0.05) is 19.8 Å². The maximum absolute atomic E-state index is 10.5. The lowest BCUT2D eigenvalue weighted by atomic mass is 9.93. The van der Waals surface area contributed by atoms with E-state index in [1.54, 1.807) is 0 Å². The molecule has 99 valence electrons. The molecule has 1 fully saturated rings. The van der Waals surface area contributed by atoms with Crippen LogP contribution >= 0.6 is 0 Å². The van der Waals surface area contributed by atoms with Gasteiger partial charge in [0.15, 0.2) is 0 Å². The number of nitrogens with one attached hydrogen (secondary N) is 1. The minimum Gasteiger partial charge on any atom is -0.303 e. The van der Waals surface area contributed by atoms with E-state index >= 15 is 0 Å². The molecule has 1 unspecified atom stereocenters. The Morgan fingerprint density at radius 1 is 1.35 bits per heavy atom. The van der Waals surface area contributed by atoms with Gasteiger partial charge in [-0.3, -0.25) is 10.5 Å². The number of hydrogen-bond donors (Lipinski definition) is 0. The largest absolute Gasteiger partial charge is 0.303 e. The lowest BCUT2D eigenvalue weighted by Crippen LogP contribution is -2.36. The molecule has 0 aromatic carbocycles. The Balaban J connectivity index is 2.04. The first-order valence-electron chi connectivity index (χ1n) is 7.19. The van der Waals surface area contributed by atoms with Gasteiger partial charge in [0, 0.05) is 13.0 Å². The van der Waals surface area contributed by atoms with Crippen LogP contribution in [-0.4, -0.2) is 30.4 Å². The summed E-state index contributed by atoms with van der Waals surface area (Å²) in [7, 11) is 0. The molecule has 0 saturated carbocycles. The summed E-state index contributed by atoms with van der Waals surface area (Å²) in [4.78, 5) is 13.1. The first-order valence-corrected chi connectivity index (χ1v) is 7.19. The highest BCUT2D eigenvalue weighted by Gasteiger charge is 2.18. The van der Waals surface area contributed by atoms with E-state index in [0.717, 1.165) is 18.8 Å². The number of hydrogen-bond acceptors (Lipinski definition) is 2. The van der Waals surface area contributed by atoms with Crippen molar-refractivity contribution in [1.29, 1.82) is 0 Å². The van der Waals surface area contributed by atoms with Crippen LogP contribution in [0.25, 0.3) is 0 Å². The third kappa shape index (κ3) is 6.67. The zero-order valence-corrected chi connectivity index (χ0v) is 11.2. The molecule has 0 spiro atoms. The van der Waals surface area contributed by atoms with Crippen molar-refractivity contribution in [2.45, 2.75) is 58.3 Å². The SMILES string of the molecule is CCCC1CCCN(CCCCCC([NH])=O)C1. The molecular weight excluding hydrogens is 212 g/mol. The maximum atomic E-state index is 10.5. The molecule has 1 radical (unpaired) electrons. The summed E-state index contributed by atoms with van der Waals surface area (Å²) in [6.07, 6.45) is 9.08. The van der Waals surface area contributed by atoms with Gasteiger partial charge in [0.1, 0.15) is 0 Å². The monoisotopic (exact) mass is 239 g/mol. The molecule has 17 heavy (non-hydrogen) atoms. The first-order chi connectivity index (χ1) is 8.22. The second kappa shape index (κ2) is 8.51. The smallest absolute Gasteiger partial charge is 0.238 e. The topological polar surface area (TPSA) is 44.1 Å². The molecule has 1 aliphatic rings. The van der Waals surface area contributed by atoms with Crippen LogP contribution in [0.2, 0.25) is 0 Å². The second-order valence-corrected chi connectivity index (χ2v) is 5.33. The molecule has 0 aromatic rings. The number of unbranched alkanes of at least 4 members (excludes halogenated alkanes) is 2. The Kier molecular flexibility index (Phi) is 7.25. The second-order valence-electron chi connectivity index (χ2n) is 5.33. The van der Waals surface area contributed by atoms with E-state index in [9.17, 15) is 4.79 Å². The van der Waals surface area contributed by atoms with E-state index in [-0.39, 0.29) is 0 Å². The summed E-state index contributed by atoms with van der Waals surface area (Å²) >= 11 is 0. The van der Waals surface area contributed by atoms with Crippen molar-refractivity contribution in [2.75, 3.05) is 19.6 Å². The Labute approximate surface area is 106 Å². The highest BCUT2D eigenvalue weighted by Crippen LogP contribution is 2.21. The van der Waals surface area contributed by atoms with E-state index in [0.29, 0.717) is 6.42 Å². The van der Waals surface area contributed by atoms with Gasteiger partial charge in [0.05, 0.1) is 0 Å². The number of carbonyl (C=O) groups is 1. The van der Waals surface area contributed by atoms with Gasteiger partial charge < -0.3 is 4.90 Å². The van der Waals surface area contributed by atoms with E-state index < -0.39 is 5.91 Å². The van der Waals surface area contributed by atoms with Crippen molar-refractivity contribution in [1.82, 2.24) is 10.6 Å². The fraction of sp³-hybridized carbons (Fsp3) is 0.929. The zero-order valence-electron chi connectivity index (χ0n) is 11.2. The molecule has 1 rings (SSSR count). The molecule has 1 saturated heterocycles. The van der Waals surface area contributed by atoms with Crippen LogP contribution in [0, 0.1) is 5.92 Å². The molecule has 1 atom stereocenters. The number of rotatable bonds is 8. The number of nitrogens with zero attached hydrogens (tertiary/aromatic N) is 1. The van der Waals surface area contributed by atoms with Gasteiger partial charge in [-0.25, -0.2) is 0 Å². The van der Waals surface area contributed by atoms with Gasteiger partial charge in [-0.2, -0.15) is 0 Å². The van der Waals surface area contributed by atoms with Crippen LogP contribution < -0.4 is 5.73 Å². The summed E-state index contributed by atoms with van der Waals surface area (Å²) in [6, 6.07) is 0. The van der Waals surface area contributed by atoms with Crippen molar-refractivity contribution < 1.29 is 4.79 Å². The van der Waals surface area contributed by atoms with Gasteiger partial charge in [0.25, 0.3) is 0 Å². The third-order valence-corrected chi connectivity index (χ3v) is 3.68. The Bertz CT molecular complexity index is 216. The molecule has 3 nitrogen and oxygen atoms in total. The zero-order chi connectivity index (χ0) is 12.5. The molecule has 0 aliphatic carbocycles. The van der Waals surface area contributed by atoms with Crippen LogP contribution in [0.3, 0.4) is 0 Å². The number of piperidine rings is 1. The number of carbonyl (C=O) groups excluding carboxylic acids is 1. The lowest BCUT2D eigenvalue weighted by Gasteiger charge is -2.32. The van der Waals surface area contributed by atoms with Crippen molar-refractivity contribution >= 4 is 5.91 Å². The molecule has 1 heterocycles. The highest BCUT2D eigenvalue weighted by molar-refractivity contribution is 5.72. The molecule has 3 heteroatoms. The molecule has 0 aromatic heterocycles. The van der Waals surface area contributed by atoms with Gasteiger partial charge in [0.2, 0.25) is 5.91 Å². The Morgan fingerprint density at radius 2 is 2.18 bits per heavy atom. The minimum atomic E-state index is -0.411. The normalized spacial score (nSPS) is 21.6. The number of amides is 1. The maximum Gasteiger partial charge on any atom is 0.238 e. The third-order valence-electron chi connectivity index (χ3n) is 3.68. The Morgan fingerprint density at radius 3 is 2.88 bits per heavy atom.